The Bertz CT molecular complexity index is 180. The molecule has 0 atom stereocenters. The molecule has 0 amide bonds. The van der Waals surface area contributed by atoms with Gasteiger partial charge in [0.1, 0.15) is 21.3 Å². The van der Waals surface area contributed by atoms with Gasteiger partial charge in [0.05, 0.1) is 9.34 Å². The number of rotatable bonds is 0. The van der Waals surface area contributed by atoms with Gasteiger partial charge in [-0.1, -0.05) is 0 Å². The maximum absolute atomic E-state index is 9.96. The first kappa shape index (κ1) is 8.93. The molecule has 1 aromatic heterocycles. The van der Waals surface area contributed by atoms with Crippen LogP contribution in [0.1, 0.15) is 0 Å². The van der Waals surface area contributed by atoms with Crippen molar-refractivity contribution in [3.63, 3.8) is 0 Å². The fraction of sp³-hybridized carbons (Fsp3) is 0. The molecule has 0 spiro atoms. The summed E-state index contributed by atoms with van der Waals surface area (Å²) in [6.07, 6.45) is 0. The second-order valence-electron chi connectivity index (χ2n) is 0.621. The number of hydrogen-bond acceptors (Lipinski definition) is 6. The van der Waals surface area contributed by atoms with Crippen LogP contribution in [-0.2, 0) is 0 Å². The van der Waals surface area contributed by atoms with Crippen LogP contribution in [0.5, 0.6) is 0 Å². The molecular formula is CNaO3S3. The molecule has 1 rings (SSSR count). The zero-order valence-electron chi connectivity index (χ0n) is 3.95. The van der Waals surface area contributed by atoms with Crippen molar-refractivity contribution in [3.8, 4) is 0 Å². The second-order valence-corrected chi connectivity index (χ2v) is 3.81. The molecular weight excluding hydrogens is 179 g/mol. The molecule has 7 heteroatoms. The van der Waals surface area contributed by atoms with E-state index >= 15 is 0 Å². The van der Waals surface area contributed by atoms with Crippen molar-refractivity contribution in [2.45, 2.75) is 0 Å². The largest absolute Gasteiger partial charge is 0.544 e. The Morgan fingerprint density at radius 1 is 1.25 bits per heavy atom. The van der Waals surface area contributed by atoms with Gasteiger partial charge in [-0.25, -0.2) is 4.79 Å². The summed E-state index contributed by atoms with van der Waals surface area (Å²) in [4.78, 5) is 9.96. The van der Waals surface area contributed by atoms with Gasteiger partial charge < -0.3 is 7.70 Å². The third-order valence-corrected chi connectivity index (χ3v) is 2.52. The summed E-state index contributed by atoms with van der Waals surface area (Å²) in [5, 5.41) is 0. The van der Waals surface area contributed by atoms with Crippen molar-refractivity contribution < 1.29 is 7.70 Å². The van der Waals surface area contributed by atoms with Crippen LogP contribution >= 0.6 is 30.6 Å². The van der Waals surface area contributed by atoms with Crippen LogP contribution in [0.25, 0.3) is 0 Å². The van der Waals surface area contributed by atoms with Gasteiger partial charge in [0.15, 0.2) is 0 Å². The monoisotopic (exact) mass is 179 g/mol. The van der Waals surface area contributed by atoms with E-state index in [2.05, 4.69) is 7.70 Å². The maximum atomic E-state index is 9.96. The predicted octanol–water partition coefficient (Wildman–Crippen LogP) is 1.16. The van der Waals surface area contributed by atoms with Gasteiger partial charge in [-0.2, -0.15) is 0 Å². The third kappa shape index (κ3) is 3.06. The molecule has 0 fully saturated rings. The van der Waals surface area contributed by atoms with Crippen LogP contribution in [-0.4, -0.2) is 29.6 Å². The topological polar surface area (TPSA) is 43.4 Å². The summed E-state index contributed by atoms with van der Waals surface area (Å²) < 4.78 is 8.55. The average molecular weight is 179 g/mol. The summed E-state index contributed by atoms with van der Waals surface area (Å²) >= 11 is 0. The molecule has 3 nitrogen and oxygen atoms in total. The van der Waals surface area contributed by atoms with E-state index in [-0.39, 0.29) is 29.6 Å². The molecule has 1 heterocycles. The van der Waals surface area contributed by atoms with E-state index in [1.807, 2.05) is 0 Å². The molecule has 0 N–H and O–H groups in total. The molecule has 0 aromatic carbocycles. The molecule has 1 radical (unpaired) electrons. The zero-order chi connectivity index (χ0) is 5.11. The molecule has 8 heavy (non-hydrogen) atoms. The third-order valence-electron chi connectivity index (χ3n) is 0.260. The van der Waals surface area contributed by atoms with Gasteiger partial charge in [0.25, 0.3) is 0 Å². The van der Waals surface area contributed by atoms with E-state index < -0.39 is 5.82 Å². The van der Waals surface area contributed by atoms with E-state index in [1.165, 1.54) is 9.34 Å². The molecule has 0 aliphatic carbocycles. The Hall–Kier alpha value is 0.930. The van der Waals surface area contributed by atoms with Gasteiger partial charge in [-0.15, -0.1) is 0 Å². The SMILES string of the molecule is O=c1ossso1.[Na]. The first-order chi connectivity index (χ1) is 3.39. The summed E-state index contributed by atoms with van der Waals surface area (Å²) in [5.74, 6) is -0.631. The molecule has 0 saturated heterocycles. The molecule has 1 aromatic rings. The van der Waals surface area contributed by atoms with Gasteiger partial charge in [-0.05, 0) is 0 Å². The first-order valence-electron chi connectivity index (χ1n) is 1.28. The Morgan fingerprint density at radius 2 is 1.75 bits per heavy atom. The van der Waals surface area contributed by atoms with Crippen LogP contribution in [0.2, 0.25) is 0 Å². The Morgan fingerprint density at radius 3 is 2.00 bits per heavy atom. The average Bonchev–Trinajstić information content (AvgIpc) is 1.69. The van der Waals surface area contributed by atoms with Gasteiger partial charge in [0.2, 0.25) is 0 Å². The minimum Gasteiger partial charge on any atom is -0.320 e. The Labute approximate surface area is 77.8 Å². The Kier molecular flexibility index (Phi) is 5.33. The summed E-state index contributed by atoms with van der Waals surface area (Å²) in [6, 6.07) is 0. The molecule has 0 aliphatic heterocycles. The normalized spacial score (nSPS) is 7.50. The van der Waals surface area contributed by atoms with Crippen LogP contribution < -0.4 is 5.82 Å². The van der Waals surface area contributed by atoms with E-state index in [4.69, 9.17) is 0 Å². The maximum Gasteiger partial charge on any atom is 0.544 e. The minimum absolute atomic E-state index is 0. The van der Waals surface area contributed by atoms with Gasteiger partial charge in [-0.3, -0.25) is 0 Å². The van der Waals surface area contributed by atoms with Crippen LogP contribution in [0.15, 0.2) is 12.5 Å². The quantitative estimate of drug-likeness (QED) is 0.443. The Balaban J connectivity index is 0.000000490. The molecule has 0 aliphatic rings. The van der Waals surface area contributed by atoms with E-state index in [0.717, 1.165) is 21.3 Å². The second kappa shape index (κ2) is 4.78. The smallest absolute Gasteiger partial charge is 0.320 e. The fourth-order valence-corrected chi connectivity index (χ4v) is 1.68. The van der Waals surface area contributed by atoms with Gasteiger partial charge >= 0.3 is 5.82 Å². The molecule has 0 saturated carbocycles. The van der Waals surface area contributed by atoms with E-state index in [9.17, 15) is 4.79 Å². The summed E-state index contributed by atoms with van der Waals surface area (Å²) in [6.45, 7) is 0. The van der Waals surface area contributed by atoms with Crippen molar-refractivity contribution in [1.29, 1.82) is 0 Å². The molecule has 41 valence electrons. The summed E-state index contributed by atoms with van der Waals surface area (Å²) in [7, 11) is 3.28. The van der Waals surface area contributed by atoms with Crippen molar-refractivity contribution >= 4 is 60.2 Å². The van der Waals surface area contributed by atoms with Crippen LogP contribution in [0.3, 0.4) is 0 Å². The van der Waals surface area contributed by atoms with Crippen molar-refractivity contribution in [3.05, 3.63) is 10.6 Å². The van der Waals surface area contributed by atoms with E-state index in [1.54, 1.807) is 0 Å². The van der Waals surface area contributed by atoms with Crippen LogP contribution in [0.4, 0.5) is 0 Å². The molecule has 0 bridgehead atoms. The minimum atomic E-state index is -0.631. The zero-order valence-corrected chi connectivity index (χ0v) is 8.40. The summed E-state index contributed by atoms with van der Waals surface area (Å²) in [5.41, 5.74) is 0. The first-order valence-corrected chi connectivity index (χ1v) is 4.61. The van der Waals surface area contributed by atoms with Crippen molar-refractivity contribution in [1.82, 2.24) is 0 Å². The van der Waals surface area contributed by atoms with E-state index in [0.29, 0.717) is 0 Å². The standard InChI is InChI=1S/CO3S3.Na/c2-1-3-5-7-6-4-1;. The number of hydrogen-bond donors (Lipinski definition) is 0. The molecule has 0 unspecified atom stereocenters. The van der Waals surface area contributed by atoms with Crippen LogP contribution in [0, 0.1) is 0 Å². The van der Waals surface area contributed by atoms with Gasteiger partial charge in [0, 0.05) is 29.6 Å². The predicted molar refractivity (Wildman–Crippen MR) is 34.3 cm³/mol. The van der Waals surface area contributed by atoms with Crippen molar-refractivity contribution in [2.24, 2.45) is 0 Å². The van der Waals surface area contributed by atoms with Crippen molar-refractivity contribution in [2.75, 3.05) is 0 Å². The fourth-order valence-electron chi connectivity index (χ4n) is 0.109.